The standard InChI is InChI=1S/C24H31F3N4O/c1-16-13-23(15-28-14-16,30-21(32)12-17-7-10-31(2)11-8-17)19-5-6-20(24(25,26)27)22-18(19)4-3-9-29-22/h3-6,9,16-17,28H,7-8,10-15H2,1-2H3,(H,30,32)/t16-,23-/m0/s1. The van der Waals surface area contributed by atoms with E-state index < -0.39 is 17.3 Å². The van der Waals surface area contributed by atoms with E-state index in [0.717, 1.165) is 38.5 Å². The molecule has 0 radical (unpaired) electrons. The fourth-order valence-electron chi connectivity index (χ4n) is 5.30. The quantitative estimate of drug-likeness (QED) is 0.744. The monoisotopic (exact) mass is 448 g/mol. The van der Waals surface area contributed by atoms with Crippen molar-refractivity contribution in [1.82, 2.24) is 20.5 Å². The number of benzene rings is 1. The minimum absolute atomic E-state index is 0.0348. The zero-order valence-corrected chi connectivity index (χ0v) is 18.6. The van der Waals surface area contributed by atoms with Gasteiger partial charge in [0.05, 0.1) is 16.6 Å². The normalized spacial score (nSPS) is 25.7. The Morgan fingerprint density at radius 2 is 2.03 bits per heavy atom. The number of rotatable bonds is 4. The number of alkyl halides is 3. The number of aromatic nitrogens is 1. The molecule has 2 aromatic rings. The van der Waals surface area contributed by atoms with E-state index in [9.17, 15) is 18.0 Å². The highest BCUT2D eigenvalue weighted by Crippen LogP contribution is 2.40. The topological polar surface area (TPSA) is 57.3 Å². The third kappa shape index (κ3) is 4.76. The van der Waals surface area contributed by atoms with Crippen LogP contribution in [0.2, 0.25) is 0 Å². The lowest BCUT2D eigenvalue weighted by molar-refractivity contribution is -0.136. The van der Waals surface area contributed by atoms with Crippen LogP contribution >= 0.6 is 0 Å². The van der Waals surface area contributed by atoms with Crippen LogP contribution < -0.4 is 10.6 Å². The van der Waals surface area contributed by atoms with E-state index in [2.05, 4.69) is 34.5 Å². The summed E-state index contributed by atoms with van der Waals surface area (Å²) in [5, 5.41) is 7.09. The van der Waals surface area contributed by atoms with Crippen molar-refractivity contribution in [2.45, 2.75) is 44.3 Å². The number of hydrogen-bond donors (Lipinski definition) is 2. The van der Waals surface area contributed by atoms with Crippen LogP contribution in [-0.4, -0.2) is 49.0 Å². The molecule has 1 aromatic heterocycles. The lowest BCUT2D eigenvalue weighted by Crippen LogP contribution is -2.57. The van der Waals surface area contributed by atoms with Gasteiger partial charge in [0.2, 0.25) is 5.91 Å². The number of nitrogens with zero attached hydrogens (tertiary/aromatic N) is 2. The maximum atomic E-state index is 13.6. The summed E-state index contributed by atoms with van der Waals surface area (Å²) < 4.78 is 40.9. The van der Waals surface area contributed by atoms with E-state index in [1.54, 1.807) is 12.1 Å². The molecule has 2 aliphatic heterocycles. The molecular weight excluding hydrogens is 417 g/mol. The molecule has 1 aromatic carbocycles. The van der Waals surface area contributed by atoms with Crippen molar-refractivity contribution >= 4 is 16.8 Å². The summed E-state index contributed by atoms with van der Waals surface area (Å²) in [4.78, 5) is 19.5. The molecule has 0 bridgehead atoms. The Balaban J connectivity index is 1.69. The number of pyridine rings is 1. The number of nitrogens with one attached hydrogen (secondary N) is 2. The van der Waals surface area contributed by atoms with Crippen molar-refractivity contribution in [1.29, 1.82) is 0 Å². The first-order valence-electron chi connectivity index (χ1n) is 11.3. The van der Waals surface area contributed by atoms with Crippen molar-refractivity contribution in [3.8, 4) is 0 Å². The van der Waals surface area contributed by atoms with Gasteiger partial charge in [-0.3, -0.25) is 9.78 Å². The lowest BCUT2D eigenvalue weighted by Gasteiger charge is -2.42. The number of hydrogen-bond acceptors (Lipinski definition) is 4. The fraction of sp³-hybridized carbons (Fsp3) is 0.583. The Kier molecular flexibility index (Phi) is 6.45. The molecule has 1 amide bonds. The van der Waals surface area contributed by atoms with Crippen molar-refractivity contribution in [3.05, 3.63) is 41.6 Å². The second kappa shape index (κ2) is 8.98. The summed E-state index contributed by atoms with van der Waals surface area (Å²) in [7, 11) is 2.09. The summed E-state index contributed by atoms with van der Waals surface area (Å²) in [6.45, 7) is 5.34. The molecule has 0 unspecified atom stereocenters. The number of fused-ring (bicyclic) bond motifs is 1. The maximum Gasteiger partial charge on any atom is 0.418 e. The SMILES string of the molecule is C[C@@H]1CNC[C@](NC(=O)CC2CCN(C)CC2)(c2ccc(C(F)(F)F)c3ncccc23)C1. The number of carbonyl (C=O) groups excluding carboxylic acids is 1. The first-order chi connectivity index (χ1) is 15.2. The van der Waals surface area contributed by atoms with Crippen LogP contribution in [-0.2, 0) is 16.5 Å². The van der Waals surface area contributed by atoms with E-state index in [1.165, 1.54) is 12.3 Å². The van der Waals surface area contributed by atoms with Crippen LogP contribution in [0.25, 0.3) is 10.9 Å². The molecule has 8 heteroatoms. The molecule has 2 atom stereocenters. The number of halogens is 3. The van der Waals surface area contributed by atoms with E-state index in [-0.39, 0.29) is 17.3 Å². The third-order valence-electron chi connectivity index (χ3n) is 6.90. The van der Waals surface area contributed by atoms with Gasteiger partial charge in [-0.05, 0) is 75.5 Å². The second-order valence-corrected chi connectivity index (χ2v) is 9.58. The molecule has 2 N–H and O–H groups in total. The molecule has 174 valence electrons. The molecule has 2 aliphatic rings. The number of amides is 1. The molecule has 5 nitrogen and oxygen atoms in total. The van der Waals surface area contributed by atoms with Gasteiger partial charge in [0.1, 0.15) is 0 Å². The summed E-state index contributed by atoms with van der Waals surface area (Å²) in [5.74, 6) is 0.567. The van der Waals surface area contributed by atoms with Gasteiger partial charge in [0, 0.05) is 24.5 Å². The highest BCUT2D eigenvalue weighted by atomic mass is 19.4. The second-order valence-electron chi connectivity index (χ2n) is 9.58. The molecule has 2 saturated heterocycles. The van der Waals surface area contributed by atoms with Gasteiger partial charge < -0.3 is 15.5 Å². The molecule has 4 rings (SSSR count). The number of likely N-dealkylation sites (tertiary alicyclic amines) is 1. The molecule has 2 fully saturated rings. The Bertz CT molecular complexity index is 971. The fourth-order valence-corrected chi connectivity index (χ4v) is 5.30. The zero-order chi connectivity index (χ0) is 22.9. The van der Waals surface area contributed by atoms with Gasteiger partial charge in [-0.25, -0.2) is 0 Å². The molecule has 0 aliphatic carbocycles. The highest BCUT2D eigenvalue weighted by molar-refractivity contribution is 5.87. The van der Waals surface area contributed by atoms with Gasteiger partial charge in [0.25, 0.3) is 0 Å². The van der Waals surface area contributed by atoms with Crippen LogP contribution in [0.3, 0.4) is 0 Å². The van der Waals surface area contributed by atoms with E-state index >= 15 is 0 Å². The minimum atomic E-state index is -4.49. The first kappa shape index (κ1) is 23.0. The zero-order valence-electron chi connectivity index (χ0n) is 18.6. The smallest absolute Gasteiger partial charge is 0.345 e. The molecule has 0 spiro atoms. The molecule has 3 heterocycles. The van der Waals surface area contributed by atoms with Gasteiger partial charge in [-0.1, -0.05) is 19.1 Å². The van der Waals surface area contributed by atoms with Crippen LogP contribution in [0, 0.1) is 11.8 Å². The van der Waals surface area contributed by atoms with Crippen molar-refractivity contribution < 1.29 is 18.0 Å². The van der Waals surface area contributed by atoms with E-state index in [0.29, 0.717) is 36.3 Å². The van der Waals surface area contributed by atoms with Crippen molar-refractivity contribution in [2.75, 3.05) is 33.2 Å². The predicted molar refractivity (Wildman–Crippen MR) is 118 cm³/mol. The summed E-state index contributed by atoms with van der Waals surface area (Å²) in [5.41, 5.74) is -0.892. The van der Waals surface area contributed by atoms with Crippen molar-refractivity contribution in [3.63, 3.8) is 0 Å². The van der Waals surface area contributed by atoms with Crippen LogP contribution in [0.4, 0.5) is 13.2 Å². The minimum Gasteiger partial charge on any atom is -0.345 e. The first-order valence-corrected chi connectivity index (χ1v) is 11.3. The van der Waals surface area contributed by atoms with E-state index in [4.69, 9.17) is 0 Å². The highest BCUT2D eigenvalue weighted by Gasteiger charge is 2.41. The van der Waals surface area contributed by atoms with Gasteiger partial charge >= 0.3 is 6.18 Å². The van der Waals surface area contributed by atoms with Crippen molar-refractivity contribution in [2.24, 2.45) is 11.8 Å². The van der Waals surface area contributed by atoms with Gasteiger partial charge in [-0.2, -0.15) is 13.2 Å². The Hall–Kier alpha value is -2.19. The Morgan fingerprint density at radius 3 is 2.72 bits per heavy atom. The van der Waals surface area contributed by atoms with Crippen LogP contribution in [0.1, 0.15) is 43.7 Å². The summed E-state index contributed by atoms with van der Waals surface area (Å²) in [6.07, 6.45) is -0.0328. The average molecular weight is 449 g/mol. The molecular formula is C24H31F3N4O. The summed E-state index contributed by atoms with van der Waals surface area (Å²) in [6, 6.07) is 5.97. The van der Waals surface area contributed by atoms with Gasteiger partial charge in [-0.15, -0.1) is 0 Å². The van der Waals surface area contributed by atoms with Gasteiger partial charge in [0.15, 0.2) is 0 Å². The van der Waals surface area contributed by atoms with E-state index in [1.807, 2.05) is 0 Å². The molecule has 32 heavy (non-hydrogen) atoms. The van der Waals surface area contributed by atoms with Crippen LogP contribution in [0.5, 0.6) is 0 Å². The third-order valence-corrected chi connectivity index (χ3v) is 6.90. The molecule has 0 saturated carbocycles. The Morgan fingerprint density at radius 1 is 1.28 bits per heavy atom. The average Bonchev–Trinajstić information content (AvgIpc) is 2.73. The number of carbonyl (C=O) groups is 1. The Labute approximate surface area is 186 Å². The maximum absolute atomic E-state index is 13.6. The largest absolute Gasteiger partial charge is 0.418 e. The lowest BCUT2D eigenvalue weighted by atomic mass is 9.77. The number of piperidine rings is 2. The van der Waals surface area contributed by atoms with Crippen LogP contribution in [0.15, 0.2) is 30.5 Å². The summed E-state index contributed by atoms with van der Waals surface area (Å²) >= 11 is 0. The predicted octanol–water partition coefficient (Wildman–Crippen LogP) is 3.93.